The van der Waals surface area contributed by atoms with Crippen molar-refractivity contribution in [3.63, 3.8) is 0 Å². The Morgan fingerprint density at radius 1 is 1.75 bits per heavy atom. The molecule has 0 aromatic heterocycles. The van der Waals surface area contributed by atoms with Gasteiger partial charge in [-0.05, 0) is 4.08 Å². The molecule has 0 spiro atoms. The van der Waals surface area contributed by atoms with Crippen LogP contribution < -0.4 is 0 Å². The van der Waals surface area contributed by atoms with Crippen LogP contribution in [0, 0.1) is 40.4 Å². The van der Waals surface area contributed by atoms with E-state index in [-0.39, 0.29) is 40.4 Å². The third-order valence-corrected chi connectivity index (χ3v) is 0. The van der Waals surface area contributed by atoms with Gasteiger partial charge in [-0.1, -0.05) is 29.2 Å². The van der Waals surface area contributed by atoms with Crippen LogP contribution in [0.1, 0.15) is 0 Å². The maximum absolute atomic E-state index is 3.35. The van der Waals surface area contributed by atoms with Gasteiger partial charge in [-0.25, -0.2) is 0 Å². The van der Waals surface area contributed by atoms with Crippen molar-refractivity contribution in [1.82, 2.24) is 0 Å². The number of halogens is 1. The van der Waals surface area contributed by atoms with Gasteiger partial charge in [-0.3, -0.25) is 0 Å². The summed E-state index contributed by atoms with van der Waals surface area (Å²) in [7, 11) is 0. The molecule has 24 valence electrons. The molecule has 0 radical (unpaired) electrons. The SMILES string of the molecule is C=CI.[Sm]. The van der Waals surface area contributed by atoms with Gasteiger partial charge >= 0.3 is 0 Å². The fourth-order valence-electron chi connectivity index (χ4n) is 0. The summed E-state index contributed by atoms with van der Waals surface area (Å²) in [5, 5.41) is 0. The number of hydrogen-bond acceptors (Lipinski definition) is 0. The van der Waals surface area contributed by atoms with Gasteiger partial charge in [0.25, 0.3) is 0 Å². The first kappa shape index (κ1) is 9.26. The molecule has 0 atom stereocenters. The minimum atomic E-state index is 0. The Morgan fingerprint density at radius 3 is 1.75 bits per heavy atom. The first-order valence-corrected chi connectivity index (χ1v) is 1.87. The van der Waals surface area contributed by atoms with Crippen LogP contribution in [0.3, 0.4) is 0 Å². The molecule has 0 bridgehead atoms. The monoisotopic (exact) mass is 306 g/mol. The Morgan fingerprint density at radius 2 is 1.75 bits per heavy atom. The molecule has 0 aliphatic heterocycles. The Labute approximate surface area is 72.3 Å². The second-order valence-corrected chi connectivity index (χ2v) is 1.04. The van der Waals surface area contributed by atoms with E-state index in [2.05, 4.69) is 29.2 Å². The topological polar surface area (TPSA) is 0 Å². The average Bonchev–Trinajstić information content (AvgIpc) is 0.918. The van der Waals surface area contributed by atoms with Crippen LogP contribution in [-0.2, 0) is 0 Å². The van der Waals surface area contributed by atoms with E-state index in [9.17, 15) is 0 Å². The van der Waals surface area contributed by atoms with Crippen LogP contribution in [0.5, 0.6) is 0 Å². The van der Waals surface area contributed by atoms with Gasteiger partial charge in [0.15, 0.2) is 0 Å². The molecule has 0 rings (SSSR count). The van der Waals surface area contributed by atoms with Crippen molar-refractivity contribution in [3.8, 4) is 0 Å². The molecule has 0 amide bonds. The summed E-state index contributed by atoms with van der Waals surface area (Å²) in [6.45, 7) is 3.35. The van der Waals surface area contributed by atoms with Crippen molar-refractivity contribution in [3.05, 3.63) is 10.7 Å². The summed E-state index contributed by atoms with van der Waals surface area (Å²) in [6, 6.07) is 0. The smallest absolute Gasteiger partial charge is 0 e. The molecular formula is C2H3ISm. The molecule has 0 aromatic carbocycles. The fourth-order valence-corrected chi connectivity index (χ4v) is 0. The van der Waals surface area contributed by atoms with Crippen molar-refractivity contribution in [2.24, 2.45) is 0 Å². The molecule has 0 heterocycles. The Kier molecular flexibility index (Phi) is 20.5. The zero-order valence-corrected chi connectivity index (χ0v) is 6.85. The fraction of sp³-hybridized carbons (Fsp3) is 0. The normalized spacial score (nSPS) is 3.25. The van der Waals surface area contributed by atoms with E-state index >= 15 is 0 Å². The van der Waals surface area contributed by atoms with Crippen molar-refractivity contribution in [2.45, 2.75) is 0 Å². The average molecular weight is 304 g/mol. The van der Waals surface area contributed by atoms with E-state index in [4.69, 9.17) is 0 Å². The van der Waals surface area contributed by atoms with Crippen LogP contribution in [0.4, 0.5) is 0 Å². The molecule has 0 N–H and O–H groups in total. The van der Waals surface area contributed by atoms with E-state index in [1.165, 1.54) is 0 Å². The zero-order chi connectivity index (χ0) is 2.71. The number of hydrogen-bond donors (Lipinski definition) is 0. The van der Waals surface area contributed by atoms with E-state index in [0.29, 0.717) is 0 Å². The molecule has 0 aromatic rings. The number of rotatable bonds is 0. The summed E-state index contributed by atoms with van der Waals surface area (Å²) in [6.07, 6.45) is 0. The molecule has 4 heavy (non-hydrogen) atoms. The Balaban J connectivity index is 0. The van der Waals surface area contributed by atoms with Gasteiger partial charge in [-0.15, -0.1) is 0 Å². The largest absolute Gasteiger partial charge is 0.0930 e. The Bertz CT molecular complexity index is 13.5. The first-order valence-electron chi connectivity index (χ1n) is 0.626. The summed E-state index contributed by atoms with van der Waals surface area (Å²) in [5.41, 5.74) is 0. The van der Waals surface area contributed by atoms with Gasteiger partial charge in [0, 0.05) is 40.4 Å². The maximum atomic E-state index is 3.35. The van der Waals surface area contributed by atoms with E-state index < -0.39 is 0 Å². The predicted octanol–water partition coefficient (Wildman–Crippen LogP) is 1.56. The molecule has 2 heteroatoms. The molecule has 0 unspecified atom stereocenters. The van der Waals surface area contributed by atoms with E-state index in [1.54, 1.807) is 4.08 Å². The van der Waals surface area contributed by atoms with Crippen molar-refractivity contribution >= 4 is 22.6 Å². The standard InChI is InChI=1S/C2H3I.Sm/c1-2-3;/h2H,1H2;. The summed E-state index contributed by atoms with van der Waals surface area (Å²) >= 11 is 2.05. The molecular weight excluding hydrogens is 301 g/mol. The predicted molar refractivity (Wildman–Crippen MR) is 24.2 cm³/mol. The molecule has 0 saturated carbocycles. The minimum Gasteiger partial charge on any atom is -0.0930 e. The molecule has 0 aliphatic carbocycles. The van der Waals surface area contributed by atoms with E-state index in [1.807, 2.05) is 0 Å². The van der Waals surface area contributed by atoms with Crippen LogP contribution >= 0.6 is 22.6 Å². The van der Waals surface area contributed by atoms with Crippen LogP contribution in [0.15, 0.2) is 10.7 Å². The van der Waals surface area contributed by atoms with Gasteiger partial charge in [0.05, 0.1) is 0 Å². The third kappa shape index (κ3) is 9.19. The van der Waals surface area contributed by atoms with Crippen LogP contribution in [0.25, 0.3) is 0 Å². The van der Waals surface area contributed by atoms with Crippen molar-refractivity contribution in [2.75, 3.05) is 0 Å². The minimum absolute atomic E-state index is 0. The van der Waals surface area contributed by atoms with Gasteiger partial charge in [0.1, 0.15) is 0 Å². The summed E-state index contributed by atoms with van der Waals surface area (Å²) in [5.74, 6) is 0. The third-order valence-electron chi connectivity index (χ3n) is 0. The van der Waals surface area contributed by atoms with Gasteiger partial charge in [0.2, 0.25) is 0 Å². The second kappa shape index (κ2) is 8.84. The van der Waals surface area contributed by atoms with Crippen LogP contribution in [-0.4, -0.2) is 0 Å². The van der Waals surface area contributed by atoms with Crippen molar-refractivity contribution in [1.29, 1.82) is 0 Å². The molecule has 0 nitrogen and oxygen atoms in total. The summed E-state index contributed by atoms with van der Waals surface area (Å²) in [4.78, 5) is 0. The molecule has 0 saturated heterocycles. The first-order chi connectivity index (χ1) is 1.41. The van der Waals surface area contributed by atoms with Crippen molar-refractivity contribution < 1.29 is 40.4 Å². The maximum Gasteiger partial charge on any atom is 0 e. The van der Waals surface area contributed by atoms with E-state index in [0.717, 1.165) is 0 Å². The zero-order valence-electron chi connectivity index (χ0n) is 2.07. The molecule has 0 aliphatic rings. The molecule has 0 fully saturated rings. The van der Waals surface area contributed by atoms with Crippen LogP contribution in [0.2, 0.25) is 0 Å². The summed E-state index contributed by atoms with van der Waals surface area (Å²) < 4.78 is 1.72. The second-order valence-electron chi connectivity index (χ2n) is 0.154. The van der Waals surface area contributed by atoms with Gasteiger partial charge < -0.3 is 0 Å². The quantitative estimate of drug-likeness (QED) is 0.596. The Hall–Kier alpha value is 1.81. The van der Waals surface area contributed by atoms with Gasteiger partial charge in [-0.2, -0.15) is 0 Å².